The quantitative estimate of drug-likeness (QED) is 0.723. The molecule has 21 heavy (non-hydrogen) atoms. The van der Waals surface area contributed by atoms with E-state index >= 15 is 0 Å². The largest absolute Gasteiger partial charge is 0.393 e. The van der Waals surface area contributed by atoms with Gasteiger partial charge in [0.2, 0.25) is 0 Å². The lowest BCUT2D eigenvalue weighted by Crippen LogP contribution is -2.44. The van der Waals surface area contributed by atoms with Crippen LogP contribution in [0.15, 0.2) is 18.2 Å². The topological polar surface area (TPSA) is 78.4 Å². The molecule has 0 unspecified atom stereocenters. The van der Waals surface area contributed by atoms with Crippen molar-refractivity contribution in [2.75, 3.05) is 5.32 Å². The van der Waals surface area contributed by atoms with E-state index in [1.54, 1.807) is 6.92 Å². The molecule has 0 heterocycles. The van der Waals surface area contributed by atoms with Gasteiger partial charge in [0.05, 0.1) is 6.10 Å². The van der Waals surface area contributed by atoms with Gasteiger partial charge in [-0.25, -0.2) is 4.39 Å². The summed E-state index contributed by atoms with van der Waals surface area (Å²) in [7, 11) is 0. The lowest BCUT2D eigenvalue weighted by Gasteiger charge is -2.25. The summed E-state index contributed by atoms with van der Waals surface area (Å²) >= 11 is 0. The van der Waals surface area contributed by atoms with E-state index in [0.717, 1.165) is 0 Å². The molecule has 3 N–H and O–H groups in total. The molecule has 2 rings (SSSR count). The van der Waals surface area contributed by atoms with E-state index in [9.17, 15) is 19.1 Å². The van der Waals surface area contributed by atoms with Crippen LogP contribution < -0.4 is 10.6 Å². The summed E-state index contributed by atoms with van der Waals surface area (Å²) in [6.45, 7) is 1.72. The van der Waals surface area contributed by atoms with Crippen molar-refractivity contribution >= 4 is 17.5 Å². The van der Waals surface area contributed by atoms with Gasteiger partial charge in [0.1, 0.15) is 5.82 Å². The average molecular weight is 294 g/mol. The Morgan fingerprint density at radius 3 is 2.52 bits per heavy atom. The summed E-state index contributed by atoms with van der Waals surface area (Å²) in [4.78, 5) is 23.6. The van der Waals surface area contributed by atoms with E-state index < -0.39 is 17.6 Å². The molecule has 1 fully saturated rings. The number of aliphatic hydroxyl groups is 1. The SMILES string of the molecule is Cc1ccc(F)cc1NC(=O)C(=O)NC1CCC(O)CC1. The minimum Gasteiger partial charge on any atom is -0.393 e. The Bertz CT molecular complexity index is 540. The molecule has 1 aliphatic rings. The van der Waals surface area contributed by atoms with Crippen molar-refractivity contribution in [3.63, 3.8) is 0 Å². The van der Waals surface area contributed by atoms with Gasteiger partial charge in [-0.05, 0) is 50.3 Å². The molecule has 6 heteroatoms. The Balaban J connectivity index is 1.90. The number of benzene rings is 1. The van der Waals surface area contributed by atoms with E-state index in [1.165, 1.54) is 18.2 Å². The Kier molecular flexibility index (Phi) is 4.90. The Hall–Kier alpha value is -1.95. The van der Waals surface area contributed by atoms with Gasteiger partial charge >= 0.3 is 11.8 Å². The Morgan fingerprint density at radius 2 is 1.86 bits per heavy atom. The smallest absolute Gasteiger partial charge is 0.313 e. The first-order valence-corrected chi connectivity index (χ1v) is 7.02. The van der Waals surface area contributed by atoms with Crippen LogP contribution in [-0.4, -0.2) is 29.1 Å². The van der Waals surface area contributed by atoms with E-state index in [4.69, 9.17) is 0 Å². The molecule has 1 aromatic carbocycles. The summed E-state index contributed by atoms with van der Waals surface area (Å²) in [5.74, 6) is -2.02. The standard InChI is InChI=1S/C15H19FN2O3/c1-9-2-3-10(16)8-13(9)18-15(21)14(20)17-11-4-6-12(19)7-5-11/h2-3,8,11-12,19H,4-7H2,1H3,(H,17,20)(H,18,21). The first-order valence-electron chi connectivity index (χ1n) is 7.02. The fourth-order valence-corrected chi connectivity index (χ4v) is 2.38. The number of carbonyl (C=O) groups is 2. The van der Waals surface area contributed by atoms with Crippen molar-refractivity contribution < 1.29 is 19.1 Å². The number of carbonyl (C=O) groups excluding carboxylic acids is 2. The molecule has 1 saturated carbocycles. The highest BCUT2D eigenvalue weighted by Crippen LogP contribution is 2.19. The number of aryl methyl sites for hydroxylation is 1. The zero-order valence-corrected chi connectivity index (χ0v) is 11.9. The maximum Gasteiger partial charge on any atom is 0.313 e. The molecule has 0 bridgehead atoms. The molecule has 0 aliphatic heterocycles. The first kappa shape index (κ1) is 15.4. The van der Waals surface area contributed by atoms with Crippen molar-refractivity contribution in [1.29, 1.82) is 0 Å². The number of halogens is 1. The number of hydrogen-bond acceptors (Lipinski definition) is 3. The molecule has 0 spiro atoms. The van der Waals surface area contributed by atoms with Gasteiger partial charge < -0.3 is 15.7 Å². The molecule has 2 amide bonds. The van der Waals surface area contributed by atoms with Gasteiger partial charge in [0, 0.05) is 11.7 Å². The lowest BCUT2D eigenvalue weighted by molar-refractivity contribution is -0.136. The second kappa shape index (κ2) is 6.67. The van der Waals surface area contributed by atoms with Gasteiger partial charge in [0.25, 0.3) is 0 Å². The number of anilines is 1. The van der Waals surface area contributed by atoms with Crippen LogP contribution in [0.2, 0.25) is 0 Å². The monoisotopic (exact) mass is 294 g/mol. The highest BCUT2D eigenvalue weighted by molar-refractivity contribution is 6.39. The minimum atomic E-state index is -0.810. The summed E-state index contributed by atoms with van der Waals surface area (Å²) in [6.07, 6.45) is 2.23. The van der Waals surface area contributed by atoms with Crippen LogP contribution in [0.5, 0.6) is 0 Å². The van der Waals surface area contributed by atoms with Crippen molar-refractivity contribution in [2.24, 2.45) is 0 Å². The molecule has 1 aliphatic carbocycles. The first-order chi connectivity index (χ1) is 9.95. The van der Waals surface area contributed by atoms with E-state index in [1.807, 2.05) is 0 Å². The molecule has 0 atom stereocenters. The average Bonchev–Trinajstić information content (AvgIpc) is 2.45. The predicted molar refractivity (Wildman–Crippen MR) is 76.2 cm³/mol. The van der Waals surface area contributed by atoms with E-state index in [-0.39, 0.29) is 17.8 Å². The summed E-state index contributed by atoms with van der Waals surface area (Å²) < 4.78 is 13.1. The molecule has 0 radical (unpaired) electrons. The summed E-state index contributed by atoms with van der Waals surface area (Å²) in [5.41, 5.74) is 0.965. The summed E-state index contributed by atoms with van der Waals surface area (Å²) in [6, 6.07) is 3.90. The zero-order chi connectivity index (χ0) is 15.4. The van der Waals surface area contributed by atoms with Crippen LogP contribution in [0.1, 0.15) is 31.2 Å². The number of hydrogen-bond donors (Lipinski definition) is 3. The van der Waals surface area contributed by atoms with Crippen LogP contribution in [0.3, 0.4) is 0 Å². The predicted octanol–water partition coefficient (Wildman–Crippen LogP) is 1.49. The molecule has 114 valence electrons. The zero-order valence-electron chi connectivity index (χ0n) is 11.9. The van der Waals surface area contributed by atoms with Gasteiger partial charge in [-0.3, -0.25) is 9.59 Å². The number of rotatable bonds is 2. The number of nitrogens with one attached hydrogen (secondary N) is 2. The Morgan fingerprint density at radius 1 is 1.19 bits per heavy atom. The summed E-state index contributed by atoms with van der Waals surface area (Å²) in [5, 5.41) is 14.4. The lowest BCUT2D eigenvalue weighted by atomic mass is 9.93. The normalized spacial score (nSPS) is 21.7. The van der Waals surface area contributed by atoms with Crippen LogP contribution in [0.4, 0.5) is 10.1 Å². The maximum absolute atomic E-state index is 13.1. The third-order valence-corrected chi connectivity index (χ3v) is 3.69. The van der Waals surface area contributed by atoms with E-state index in [0.29, 0.717) is 31.2 Å². The van der Waals surface area contributed by atoms with Crippen molar-refractivity contribution in [3.8, 4) is 0 Å². The molecular weight excluding hydrogens is 275 g/mol. The fraction of sp³-hybridized carbons (Fsp3) is 0.467. The molecule has 0 saturated heterocycles. The minimum absolute atomic E-state index is 0.0970. The van der Waals surface area contributed by atoms with Gasteiger partial charge in [-0.15, -0.1) is 0 Å². The number of aliphatic hydroxyl groups excluding tert-OH is 1. The third-order valence-electron chi connectivity index (χ3n) is 3.69. The van der Waals surface area contributed by atoms with E-state index in [2.05, 4.69) is 10.6 Å². The van der Waals surface area contributed by atoms with Crippen molar-refractivity contribution in [1.82, 2.24) is 5.32 Å². The van der Waals surface area contributed by atoms with Gasteiger partial charge in [-0.1, -0.05) is 6.07 Å². The second-order valence-electron chi connectivity index (χ2n) is 5.39. The molecular formula is C15H19FN2O3. The van der Waals surface area contributed by atoms with Gasteiger partial charge in [-0.2, -0.15) is 0 Å². The molecule has 0 aromatic heterocycles. The Labute approximate surface area is 122 Å². The maximum atomic E-state index is 13.1. The fourth-order valence-electron chi connectivity index (χ4n) is 2.38. The van der Waals surface area contributed by atoms with Crippen LogP contribution in [0, 0.1) is 12.7 Å². The van der Waals surface area contributed by atoms with Gasteiger partial charge in [0.15, 0.2) is 0 Å². The van der Waals surface area contributed by atoms with Crippen LogP contribution in [-0.2, 0) is 9.59 Å². The van der Waals surface area contributed by atoms with Crippen molar-refractivity contribution in [3.05, 3.63) is 29.6 Å². The van der Waals surface area contributed by atoms with Crippen LogP contribution in [0.25, 0.3) is 0 Å². The third kappa shape index (κ3) is 4.26. The van der Waals surface area contributed by atoms with Crippen LogP contribution >= 0.6 is 0 Å². The molecule has 1 aromatic rings. The number of amides is 2. The van der Waals surface area contributed by atoms with Crippen molar-refractivity contribution in [2.45, 2.75) is 44.8 Å². The second-order valence-corrected chi connectivity index (χ2v) is 5.39. The molecule has 5 nitrogen and oxygen atoms in total. The highest BCUT2D eigenvalue weighted by Gasteiger charge is 2.23. The highest BCUT2D eigenvalue weighted by atomic mass is 19.1.